The lowest BCUT2D eigenvalue weighted by molar-refractivity contribution is -0.121. The Morgan fingerprint density at radius 3 is 2.14 bits per heavy atom. The normalized spacial score (nSPS) is 12.0. The first kappa shape index (κ1) is 29.6. The Morgan fingerprint density at radius 1 is 0.892 bits per heavy atom. The van der Waals surface area contributed by atoms with Crippen molar-refractivity contribution in [3.05, 3.63) is 92.4 Å². The maximum Gasteiger partial charge on any atom is 0.243 e. The Bertz CT molecular complexity index is 1470. The van der Waals surface area contributed by atoms with Crippen LogP contribution in [-0.2, 0) is 31.4 Å². The zero-order valence-corrected chi connectivity index (χ0v) is 24.3. The van der Waals surface area contributed by atoms with Gasteiger partial charge in [0, 0.05) is 34.2 Å². The van der Waals surface area contributed by atoms with E-state index in [0.29, 0.717) is 15.1 Å². The van der Waals surface area contributed by atoms with Gasteiger partial charge >= 0.3 is 0 Å². The summed E-state index contributed by atoms with van der Waals surface area (Å²) in [6.45, 7) is 1.03. The summed E-state index contributed by atoms with van der Waals surface area (Å²) in [5, 5.41) is 3.20. The number of amides is 1. The molecule has 0 spiro atoms. The van der Waals surface area contributed by atoms with Gasteiger partial charge in [0.1, 0.15) is 0 Å². The fraction of sp³-hybridized carbons (Fsp3) is 0.208. The van der Waals surface area contributed by atoms with Gasteiger partial charge in [-0.1, -0.05) is 62.9 Å². The van der Waals surface area contributed by atoms with Crippen LogP contribution >= 0.6 is 39.1 Å². The van der Waals surface area contributed by atoms with Crippen molar-refractivity contribution in [2.75, 3.05) is 19.6 Å². The lowest BCUT2D eigenvalue weighted by Gasteiger charge is -2.22. The highest BCUT2D eigenvalue weighted by molar-refractivity contribution is 9.10. The van der Waals surface area contributed by atoms with Gasteiger partial charge in [-0.25, -0.2) is 21.6 Å². The average Bonchev–Trinajstić information content (AvgIpc) is 2.83. The summed E-state index contributed by atoms with van der Waals surface area (Å²) in [6, 6.07) is 17.0. The third-order valence-electron chi connectivity index (χ3n) is 5.20. The monoisotopic (exact) mass is 647 g/mol. The molecule has 0 aromatic heterocycles. The van der Waals surface area contributed by atoms with Crippen LogP contribution in [0.25, 0.3) is 0 Å². The number of benzene rings is 3. The first-order valence-corrected chi connectivity index (χ1v) is 15.4. The quantitative estimate of drug-likeness (QED) is 0.300. The Labute approximate surface area is 235 Å². The van der Waals surface area contributed by atoms with Crippen LogP contribution in [0.5, 0.6) is 0 Å². The molecule has 37 heavy (non-hydrogen) atoms. The molecule has 0 saturated carbocycles. The minimum atomic E-state index is -4.08. The molecule has 0 aliphatic rings. The Balaban J connectivity index is 1.69. The summed E-state index contributed by atoms with van der Waals surface area (Å²) >= 11 is 15.5. The van der Waals surface area contributed by atoms with Crippen LogP contribution in [0.4, 0.5) is 0 Å². The number of carbonyl (C=O) groups excluding carboxylic acids is 1. The van der Waals surface area contributed by atoms with Crippen LogP contribution in [0.15, 0.2) is 81.0 Å². The molecule has 198 valence electrons. The van der Waals surface area contributed by atoms with Crippen LogP contribution in [-0.4, -0.2) is 46.7 Å². The lowest BCUT2D eigenvalue weighted by atomic mass is 10.2. The van der Waals surface area contributed by atoms with Crippen LogP contribution in [0.2, 0.25) is 10.0 Å². The summed E-state index contributed by atoms with van der Waals surface area (Å²) < 4.78 is 55.7. The molecule has 0 heterocycles. The maximum atomic E-state index is 13.4. The van der Waals surface area contributed by atoms with Gasteiger partial charge in [-0.15, -0.1) is 0 Å². The van der Waals surface area contributed by atoms with Gasteiger partial charge in [-0.3, -0.25) is 4.79 Å². The summed E-state index contributed by atoms with van der Waals surface area (Å²) in [7, 11) is -7.83. The van der Waals surface area contributed by atoms with E-state index in [9.17, 15) is 21.6 Å². The van der Waals surface area contributed by atoms with E-state index in [2.05, 4.69) is 26.0 Å². The molecule has 3 aromatic carbocycles. The molecular formula is C24H24BrCl2N3O5S2. The van der Waals surface area contributed by atoms with Crippen LogP contribution in [0.1, 0.15) is 11.1 Å². The van der Waals surface area contributed by atoms with E-state index in [1.54, 1.807) is 36.4 Å². The minimum Gasteiger partial charge on any atom is -0.354 e. The van der Waals surface area contributed by atoms with Crippen molar-refractivity contribution < 1.29 is 21.6 Å². The van der Waals surface area contributed by atoms with Gasteiger partial charge in [0.05, 0.1) is 16.3 Å². The predicted molar refractivity (Wildman–Crippen MR) is 148 cm³/mol. The molecule has 0 aliphatic carbocycles. The topological polar surface area (TPSA) is 113 Å². The number of hydrogen-bond acceptors (Lipinski definition) is 5. The van der Waals surface area contributed by atoms with Crippen molar-refractivity contribution in [1.29, 1.82) is 0 Å². The molecule has 0 fully saturated rings. The van der Waals surface area contributed by atoms with Gasteiger partial charge < -0.3 is 5.32 Å². The summed E-state index contributed by atoms with van der Waals surface area (Å²) in [4.78, 5) is 12.8. The van der Waals surface area contributed by atoms with E-state index < -0.39 is 32.5 Å². The molecule has 3 rings (SSSR count). The molecule has 0 aliphatic heterocycles. The maximum absolute atomic E-state index is 13.4. The van der Waals surface area contributed by atoms with Crippen molar-refractivity contribution in [2.45, 2.75) is 23.3 Å². The fourth-order valence-corrected chi connectivity index (χ4v) is 6.36. The molecule has 1 amide bonds. The van der Waals surface area contributed by atoms with Crippen molar-refractivity contribution in [1.82, 2.24) is 14.3 Å². The fourth-order valence-electron chi connectivity index (χ4n) is 3.23. The SMILES string of the molecule is Cc1ccc(S(=O)(=O)NCCNC(=O)CN(Cc2ccc(Cl)cc2Cl)S(=O)(=O)c2ccc(Br)cc2)cc1. The lowest BCUT2D eigenvalue weighted by Crippen LogP contribution is -2.42. The molecule has 2 N–H and O–H groups in total. The van der Waals surface area contributed by atoms with Crippen molar-refractivity contribution in [3.63, 3.8) is 0 Å². The second-order valence-electron chi connectivity index (χ2n) is 8.02. The highest BCUT2D eigenvalue weighted by atomic mass is 79.9. The largest absolute Gasteiger partial charge is 0.354 e. The van der Waals surface area contributed by atoms with Gasteiger partial charge in [0.2, 0.25) is 26.0 Å². The Hall–Kier alpha value is -1.99. The smallest absolute Gasteiger partial charge is 0.243 e. The highest BCUT2D eigenvalue weighted by Crippen LogP contribution is 2.25. The first-order valence-electron chi connectivity index (χ1n) is 10.9. The number of sulfonamides is 2. The standard InChI is InChI=1S/C24H24BrCl2N3O5S2/c1-17-2-8-21(9-3-17)36(32,33)29-13-12-28-24(31)16-30(15-18-4-7-20(26)14-23(18)27)37(34,35)22-10-5-19(25)6-11-22/h2-11,14,29H,12-13,15-16H2,1H3,(H,28,31). The summed E-state index contributed by atoms with van der Waals surface area (Å²) in [5.74, 6) is -0.611. The third-order valence-corrected chi connectivity index (χ3v) is 9.60. The van der Waals surface area contributed by atoms with Crippen LogP contribution in [0.3, 0.4) is 0 Å². The summed E-state index contributed by atoms with van der Waals surface area (Å²) in [5.41, 5.74) is 1.39. The molecule has 0 radical (unpaired) electrons. The molecule has 0 unspecified atom stereocenters. The number of halogens is 3. The Kier molecular flexibility index (Phi) is 10.2. The Morgan fingerprint density at radius 2 is 1.51 bits per heavy atom. The van der Waals surface area contributed by atoms with Crippen LogP contribution in [0, 0.1) is 6.92 Å². The minimum absolute atomic E-state index is 0.000515. The van der Waals surface area contributed by atoms with Gasteiger partial charge in [0.25, 0.3) is 0 Å². The molecular weight excluding hydrogens is 625 g/mol. The zero-order chi connectivity index (χ0) is 27.2. The number of nitrogens with one attached hydrogen (secondary N) is 2. The van der Waals surface area contributed by atoms with Crippen molar-refractivity contribution in [2.24, 2.45) is 0 Å². The van der Waals surface area contributed by atoms with Gasteiger partial charge in [-0.2, -0.15) is 4.31 Å². The molecule has 8 nitrogen and oxygen atoms in total. The van der Waals surface area contributed by atoms with E-state index >= 15 is 0 Å². The number of rotatable bonds is 11. The second kappa shape index (κ2) is 12.7. The van der Waals surface area contributed by atoms with E-state index in [0.717, 1.165) is 9.87 Å². The zero-order valence-electron chi connectivity index (χ0n) is 19.6. The number of carbonyl (C=O) groups is 1. The van der Waals surface area contributed by atoms with E-state index in [1.165, 1.54) is 30.3 Å². The van der Waals surface area contributed by atoms with Gasteiger partial charge in [0.15, 0.2) is 0 Å². The second-order valence-corrected chi connectivity index (χ2v) is 13.5. The van der Waals surface area contributed by atoms with Gasteiger partial charge in [-0.05, 0) is 61.0 Å². The molecule has 0 atom stereocenters. The van der Waals surface area contributed by atoms with E-state index in [1.807, 2.05) is 6.92 Å². The van der Waals surface area contributed by atoms with E-state index in [-0.39, 0.29) is 34.4 Å². The molecule has 3 aromatic rings. The molecule has 13 heteroatoms. The number of nitrogens with zero attached hydrogens (tertiary/aromatic N) is 1. The van der Waals surface area contributed by atoms with Crippen molar-refractivity contribution >= 4 is 65.1 Å². The van der Waals surface area contributed by atoms with Crippen molar-refractivity contribution in [3.8, 4) is 0 Å². The first-order chi connectivity index (χ1) is 17.4. The predicted octanol–water partition coefficient (Wildman–Crippen LogP) is 4.35. The summed E-state index contributed by atoms with van der Waals surface area (Å²) in [6.07, 6.45) is 0. The van der Waals surface area contributed by atoms with E-state index in [4.69, 9.17) is 23.2 Å². The molecule has 0 bridgehead atoms. The third kappa shape index (κ3) is 8.25. The average molecular weight is 649 g/mol. The number of hydrogen-bond donors (Lipinski definition) is 2. The number of aryl methyl sites for hydroxylation is 1. The molecule has 0 saturated heterocycles. The van der Waals surface area contributed by atoms with Crippen LogP contribution < -0.4 is 10.0 Å². The highest BCUT2D eigenvalue weighted by Gasteiger charge is 2.27.